The first-order chi connectivity index (χ1) is 17.5. The average molecular weight is 494 g/mol. The van der Waals surface area contributed by atoms with E-state index >= 15 is 0 Å². The van der Waals surface area contributed by atoms with Gasteiger partial charge in [-0.15, -0.1) is 0 Å². The summed E-state index contributed by atoms with van der Waals surface area (Å²) in [4.78, 5) is 44.6. The van der Waals surface area contributed by atoms with Crippen molar-refractivity contribution in [3.05, 3.63) is 54.6 Å². The Morgan fingerprint density at radius 2 is 1.72 bits per heavy atom. The van der Waals surface area contributed by atoms with E-state index in [-0.39, 0.29) is 24.4 Å². The molecule has 9 nitrogen and oxygen atoms in total. The summed E-state index contributed by atoms with van der Waals surface area (Å²) in [5.41, 5.74) is 0.849. The summed E-state index contributed by atoms with van der Waals surface area (Å²) in [7, 11) is 1.60. The maximum absolute atomic E-state index is 13.7. The standard InChI is InChI=1S/C27H35N5O4/c1-3-4-16-28-24(33)19-31-20-32(22-8-6-5-7-9-22)27(25(31)34)14-17-30(18-15-27)26(35)29-21-10-12-23(36-2)13-11-21/h5-13H,3-4,14-20H2,1-2H3,(H,28,33)(H,29,35). The van der Waals surface area contributed by atoms with Gasteiger partial charge in [-0.2, -0.15) is 0 Å². The minimum absolute atomic E-state index is 0.0370. The van der Waals surface area contributed by atoms with Gasteiger partial charge in [-0.3, -0.25) is 9.59 Å². The number of para-hydroxylation sites is 1. The van der Waals surface area contributed by atoms with Crippen LogP contribution in [0.4, 0.5) is 16.2 Å². The van der Waals surface area contributed by atoms with E-state index in [9.17, 15) is 14.4 Å². The topological polar surface area (TPSA) is 94.2 Å². The van der Waals surface area contributed by atoms with Gasteiger partial charge in [-0.1, -0.05) is 31.5 Å². The Labute approximate surface area is 212 Å². The molecule has 2 saturated heterocycles. The molecule has 0 aromatic heterocycles. The summed E-state index contributed by atoms with van der Waals surface area (Å²) in [6.07, 6.45) is 2.89. The first-order valence-corrected chi connectivity index (χ1v) is 12.6. The van der Waals surface area contributed by atoms with Crippen LogP contribution in [-0.4, -0.2) is 73.1 Å². The molecule has 2 aliphatic heterocycles. The molecule has 4 rings (SSSR count). The number of likely N-dealkylation sites (tertiary alicyclic amines) is 1. The normalized spacial score (nSPS) is 16.8. The van der Waals surface area contributed by atoms with Gasteiger partial charge in [0, 0.05) is 31.0 Å². The van der Waals surface area contributed by atoms with Crippen LogP contribution in [0, 0.1) is 0 Å². The molecule has 192 valence electrons. The lowest BCUT2D eigenvalue weighted by Crippen LogP contribution is -2.58. The fourth-order valence-electron chi connectivity index (χ4n) is 4.91. The van der Waals surface area contributed by atoms with Crippen molar-refractivity contribution >= 4 is 29.2 Å². The Balaban J connectivity index is 1.45. The van der Waals surface area contributed by atoms with Crippen molar-refractivity contribution in [1.82, 2.24) is 15.1 Å². The molecule has 0 aliphatic carbocycles. The van der Waals surface area contributed by atoms with Crippen LogP contribution >= 0.6 is 0 Å². The van der Waals surface area contributed by atoms with Crippen molar-refractivity contribution in [3.63, 3.8) is 0 Å². The Bertz CT molecular complexity index is 1050. The Morgan fingerprint density at radius 3 is 2.36 bits per heavy atom. The number of carbonyl (C=O) groups excluding carboxylic acids is 3. The Kier molecular flexibility index (Phi) is 7.97. The SMILES string of the molecule is CCCCNC(=O)CN1CN(c2ccccc2)C2(CCN(C(=O)Nc3ccc(OC)cc3)CC2)C1=O. The predicted octanol–water partition coefficient (Wildman–Crippen LogP) is 3.28. The number of hydrogen-bond donors (Lipinski definition) is 2. The maximum Gasteiger partial charge on any atom is 0.321 e. The third-order valence-corrected chi connectivity index (χ3v) is 6.99. The summed E-state index contributed by atoms with van der Waals surface area (Å²) in [5.74, 6) is 0.530. The van der Waals surface area contributed by atoms with Crippen molar-refractivity contribution in [1.29, 1.82) is 0 Å². The second-order valence-corrected chi connectivity index (χ2v) is 9.29. The maximum atomic E-state index is 13.7. The minimum atomic E-state index is -0.776. The molecule has 2 fully saturated rings. The monoisotopic (exact) mass is 493 g/mol. The number of nitrogens with zero attached hydrogens (tertiary/aromatic N) is 3. The Morgan fingerprint density at radius 1 is 1.03 bits per heavy atom. The van der Waals surface area contributed by atoms with Crippen LogP contribution in [-0.2, 0) is 9.59 Å². The fraction of sp³-hybridized carbons (Fsp3) is 0.444. The van der Waals surface area contributed by atoms with Crippen LogP contribution in [0.3, 0.4) is 0 Å². The molecule has 4 amide bonds. The number of ether oxygens (including phenoxy) is 1. The zero-order valence-electron chi connectivity index (χ0n) is 21.0. The first-order valence-electron chi connectivity index (χ1n) is 12.6. The number of unbranched alkanes of at least 4 members (excludes halogenated alkanes) is 1. The first kappa shape index (κ1) is 25.3. The molecule has 36 heavy (non-hydrogen) atoms. The molecule has 0 saturated carbocycles. The van der Waals surface area contributed by atoms with Gasteiger partial charge in [0.2, 0.25) is 5.91 Å². The molecular weight excluding hydrogens is 458 g/mol. The lowest BCUT2D eigenvalue weighted by molar-refractivity contribution is -0.137. The minimum Gasteiger partial charge on any atom is -0.497 e. The molecule has 1 spiro atoms. The molecule has 2 heterocycles. The van der Waals surface area contributed by atoms with Crippen LogP contribution < -0.4 is 20.3 Å². The highest BCUT2D eigenvalue weighted by Crippen LogP contribution is 2.39. The number of carbonyl (C=O) groups is 3. The lowest BCUT2D eigenvalue weighted by Gasteiger charge is -2.43. The third kappa shape index (κ3) is 5.40. The average Bonchev–Trinajstić information content (AvgIpc) is 3.16. The number of nitrogens with one attached hydrogen (secondary N) is 2. The van der Waals surface area contributed by atoms with Gasteiger partial charge in [-0.05, 0) is 55.7 Å². The van der Waals surface area contributed by atoms with E-state index in [1.807, 2.05) is 30.3 Å². The molecule has 2 aromatic carbocycles. The number of anilines is 2. The lowest BCUT2D eigenvalue weighted by atomic mass is 9.85. The van der Waals surface area contributed by atoms with Crippen molar-refractivity contribution in [3.8, 4) is 5.75 Å². The van der Waals surface area contributed by atoms with Crippen LogP contribution in [0.15, 0.2) is 54.6 Å². The van der Waals surface area contributed by atoms with Gasteiger partial charge >= 0.3 is 6.03 Å². The zero-order chi connectivity index (χ0) is 25.5. The van der Waals surface area contributed by atoms with E-state index in [2.05, 4.69) is 22.5 Å². The van der Waals surface area contributed by atoms with Crippen LogP contribution in [0.5, 0.6) is 5.75 Å². The summed E-state index contributed by atoms with van der Waals surface area (Å²) in [6, 6.07) is 16.8. The van der Waals surface area contributed by atoms with Gasteiger partial charge < -0.3 is 30.1 Å². The summed E-state index contributed by atoms with van der Waals surface area (Å²) < 4.78 is 5.17. The highest BCUT2D eigenvalue weighted by atomic mass is 16.5. The van der Waals surface area contributed by atoms with Gasteiger partial charge in [0.15, 0.2) is 0 Å². The van der Waals surface area contributed by atoms with Crippen molar-refractivity contribution < 1.29 is 19.1 Å². The number of piperidine rings is 1. The van der Waals surface area contributed by atoms with Crippen LogP contribution in [0.25, 0.3) is 0 Å². The summed E-state index contributed by atoms with van der Waals surface area (Å²) >= 11 is 0. The number of hydrogen-bond acceptors (Lipinski definition) is 5. The molecule has 0 bridgehead atoms. The van der Waals surface area contributed by atoms with Crippen molar-refractivity contribution in [2.45, 2.75) is 38.1 Å². The molecular formula is C27H35N5O4. The van der Waals surface area contributed by atoms with E-state index in [1.54, 1.807) is 41.2 Å². The quantitative estimate of drug-likeness (QED) is 0.551. The van der Waals surface area contributed by atoms with Gasteiger partial charge in [0.25, 0.3) is 5.91 Å². The molecule has 0 radical (unpaired) electrons. The largest absolute Gasteiger partial charge is 0.497 e. The Hall–Kier alpha value is -3.75. The molecule has 0 unspecified atom stereocenters. The number of methoxy groups -OCH3 is 1. The van der Waals surface area contributed by atoms with Crippen LogP contribution in [0.2, 0.25) is 0 Å². The highest BCUT2D eigenvalue weighted by Gasteiger charge is 2.54. The summed E-state index contributed by atoms with van der Waals surface area (Å²) in [5, 5.41) is 5.83. The smallest absolute Gasteiger partial charge is 0.321 e. The fourth-order valence-corrected chi connectivity index (χ4v) is 4.91. The van der Waals surface area contributed by atoms with E-state index in [0.717, 1.165) is 24.3 Å². The molecule has 2 aromatic rings. The second-order valence-electron chi connectivity index (χ2n) is 9.29. The number of benzene rings is 2. The summed E-state index contributed by atoms with van der Waals surface area (Å²) in [6.45, 7) is 3.95. The van der Waals surface area contributed by atoms with E-state index < -0.39 is 5.54 Å². The van der Waals surface area contributed by atoms with Gasteiger partial charge in [0.05, 0.1) is 13.8 Å². The highest BCUT2D eigenvalue weighted by molar-refractivity contribution is 5.97. The zero-order valence-corrected chi connectivity index (χ0v) is 21.0. The number of amides is 4. The van der Waals surface area contributed by atoms with E-state index in [1.165, 1.54) is 0 Å². The van der Waals surface area contributed by atoms with Gasteiger partial charge in [0.1, 0.15) is 17.8 Å². The second kappa shape index (κ2) is 11.3. The molecule has 2 aliphatic rings. The molecule has 0 atom stereocenters. The number of urea groups is 1. The molecule has 9 heteroatoms. The van der Waals surface area contributed by atoms with Crippen molar-refractivity contribution in [2.24, 2.45) is 0 Å². The van der Waals surface area contributed by atoms with E-state index in [0.29, 0.717) is 44.8 Å². The predicted molar refractivity (Wildman–Crippen MR) is 139 cm³/mol. The van der Waals surface area contributed by atoms with Crippen molar-refractivity contribution in [2.75, 3.05) is 50.2 Å². The van der Waals surface area contributed by atoms with Gasteiger partial charge in [-0.25, -0.2) is 4.79 Å². The molecule has 2 N–H and O–H groups in total. The third-order valence-electron chi connectivity index (χ3n) is 6.99. The van der Waals surface area contributed by atoms with Crippen LogP contribution in [0.1, 0.15) is 32.6 Å². The number of rotatable bonds is 8. The van der Waals surface area contributed by atoms with E-state index in [4.69, 9.17) is 4.74 Å².